The number of hydrogen-bond donors (Lipinski definition) is 1. The number of carbonyl (C=O) groups excluding carboxylic acids is 3. The van der Waals surface area contributed by atoms with Gasteiger partial charge in [-0.2, -0.15) is 0 Å². The van der Waals surface area contributed by atoms with E-state index in [0.29, 0.717) is 10.6 Å². The first-order valence-electron chi connectivity index (χ1n) is 7.29. The van der Waals surface area contributed by atoms with E-state index in [1.165, 1.54) is 35.6 Å². The van der Waals surface area contributed by atoms with Crippen molar-refractivity contribution < 1.29 is 18.8 Å². The molecule has 25 heavy (non-hydrogen) atoms. The van der Waals surface area contributed by atoms with Crippen molar-refractivity contribution in [3.63, 3.8) is 0 Å². The van der Waals surface area contributed by atoms with E-state index in [2.05, 4.69) is 5.32 Å². The zero-order valence-corrected chi connectivity index (χ0v) is 14.7. The zero-order chi connectivity index (χ0) is 18.0. The molecule has 0 unspecified atom stereocenters. The van der Waals surface area contributed by atoms with Crippen molar-refractivity contribution in [2.45, 2.75) is 6.92 Å². The molecule has 1 fully saturated rings. The third-order valence-corrected chi connectivity index (χ3v) is 5.34. The van der Waals surface area contributed by atoms with Gasteiger partial charge in [0.05, 0.1) is 4.91 Å². The molecule has 1 aliphatic heterocycles. The van der Waals surface area contributed by atoms with Gasteiger partial charge >= 0.3 is 0 Å². The molecule has 3 amide bonds. The molecule has 0 bridgehead atoms. The van der Waals surface area contributed by atoms with Gasteiger partial charge in [0.1, 0.15) is 12.4 Å². The number of rotatable bonds is 4. The summed E-state index contributed by atoms with van der Waals surface area (Å²) in [5.41, 5.74) is 1.41. The van der Waals surface area contributed by atoms with Crippen LogP contribution in [0.1, 0.15) is 10.4 Å². The number of anilines is 1. The average molecular weight is 376 g/mol. The van der Waals surface area contributed by atoms with Crippen LogP contribution in [0.3, 0.4) is 0 Å². The second-order valence-corrected chi connectivity index (χ2v) is 7.23. The summed E-state index contributed by atoms with van der Waals surface area (Å²) in [7, 11) is 0. The van der Waals surface area contributed by atoms with Crippen molar-refractivity contribution in [1.29, 1.82) is 0 Å². The molecule has 0 radical (unpaired) electrons. The van der Waals surface area contributed by atoms with Crippen LogP contribution in [-0.4, -0.2) is 28.5 Å². The monoisotopic (exact) mass is 376 g/mol. The predicted octanol–water partition coefficient (Wildman–Crippen LogP) is 3.87. The highest BCUT2D eigenvalue weighted by Crippen LogP contribution is 2.33. The maximum Gasteiger partial charge on any atom is 0.294 e. The number of thioether (sulfide) groups is 1. The summed E-state index contributed by atoms with van der Waals surface area (Å²) in [6.07, 6.45) is 1.67. The van der Waals surface area contributed by atoms with Gasteiger partial charge in [0.25, 0.3) is 11.1 Å². The average Bonchev–Trinajstić information content (AvgIpc) is 3.08. The highest BCUT2D eigenvalue weighted by Gasteiger charge is 2.36. The summed E-state index contributed by atoms with van der Waals surface area (Å²) in [5.74, 6) is -1.43. The lowest BCUT2D eigenvalue weighted by Gasteiger charge is -2.12. The number of halogens is 1. The Morgan fingerprint density at radius 3 is 2.60 bits per heavy atom. The molecule has 1 N–H and O–H groups in total. The largest absolute Gasteiger partial charge is 0.325 e. The molecular formula is C17H13FN2O3S2. The van der Waals surface area contributed by atoms with Gasteiger partial charge in [0.2, 0.25) is 5.91 Å². The van der Waals surface area contributed by atoms with Gasteiger partial charge in [-0.15, -0.1) is 11.3 Å². The van der Waals surface area contributed by atoms with Gasteiger partial charge in [0.15, 0.2) is 0 Å². The molecule has 1 aliphatic rings. The van der Waals surface area contributed by atoms with Crippen molar-refractivity contribution in [2.24, 2.45) is 0 Å². The van der Waals surface area contributed by atoms with E-state index in [4.69, 9.17) is 0 Å². The van der Waals surface area contributed by atoms with Crippen LogP contribution in [0, 0.1) is 12.7 Å². The molecule has 1 aromatic carbocycles. The predicted molar refractivity (Wildman–Crippen MR) is 96.8 cm³/mol. The molecule has 128 valence electrons. The topological polar surface area (TPSA) is 66.5 Å². The normalized spacial score (nSPS) is 15.9. The van der Waals surface area contributed by atoms with Crippen LogP contribution in [0.4, 0.5) is 14.9 Å². The number of nitrogens with one attached hydrogen (secondary N) is 1. The summed E-state index contributed by atoms with van der Waals surface area (Å²) in [6.45, 7) is 1.53. The number of amides is 3. The van der Waals surface area contributed by atoms with Crippen molar-refractivity contribution in [3.05, 3.63) is 56.9 Å². The van der Waals surface area contributed by atoms with E-state index in [9.17, 15) is 18.8 Å². The van der Waals surface area contributed by atoms with Crippen LogP contribution in [0.5, 0.6) is 0 Å². The number of carbonyl (C=O) groups is 3. The lowest BCUT2D eigenvalue weighted by atomic mass is 10.2. The van der Waals surface area contributed by atoms with Gasteiger partial charge < -0.3 is 5.32 Å². The molecule has 0 aliphatic carbocycles. The quantitative estimate of drug-likeness (QED) is 0.823. The van der Waals surface area contributed by atoms with Crippen molar-refractivity contribution in [2.75, 3.05) is 11.9 Å². The SMILES string of the molecule is Cc1ccsc1/C=C1\SC(=O)N(CC(=O)Nc2ccc(F)cc2)C1=O. The number of aryl methyl sites for hydroxylation is 1. The third-order valence-electron chi connectivity index (χ3n) is 3.47. The maximum atomic E-state index is 12.9. The standard InChI is InChI=1S/C17H13FN2O3S2/c1-10-6-7-24-13(10)8-14-16(22)20(17(23)25-14)9-15(21)19-12-4-2-11(18)3-5-12/h2-8H,9H2,1H3,(H,19,21)/b14-8-. The molecule has 2 heterocycles. The first-order valence-corrected chi connectivity index (χ1v) is 8.98. The van der Waals surface area contributed by atoms with Crippen LogP contribution < -0.4 is 5.32 Å². The van der Waals surface area contributed by atoms with E-state index in [1.807, 2.05) is 18.4 Å². The molecular weight excluding hydrogens is 363 g/mol. The highest BCUT2D eigenvalue weighted by atomic mass is 32.2. The summed E-state index contributed by atoms with van der Waals surface area (Å²) in [4.78, 5) is 38.6. The molecule has 0 atom stereocenters. The van der Waals surface area contributed by atoms with Gasteiger partial charge in [-0.25, -0.2) is 4.39 Å². The third kappa shape index (κ3) is 3.97. The summed E-state index contributed by atoms with van der Waals surface area (Å²) in [5, 5.41) is 3.95. The van der Waals surface area contributed by atoms with Crippen LogP contribution in [0.25, 0.3) is 6.08 Å². The fraction of sp³-hybridized carbons (Fsp3) is 0.118. The van der Waals surface area contributed by atoms with E-state index < -0.39 is 22.9 Å². The van der Waals surface area contributed by atoms with Crippen LogP contribution in [0.15, 0.2) is 40.6 Å². The molecule has 0 saturated carbocycles. The minimum absolute atomic E-state index is 0.296. The molecule has 2 aromatic rings. The maximum absolute atomic E-state index is 12.9. The van der Waals surface area contributed by atoms with Gasteiger partial charge in [0, 0.05) is 10.6 Å². The highest BCUT2D eigenvalue weighted by molar-refractivity contribution is 8.18. The van der Waals surface area contributed by atoms with Crippen molar-refractivity contribution in [3.8, 4) is 0 Å². The summed E-state index contributed by atoms with van der Waals surface area (Å²) in [6, 6.07) is 7.15. The second kappa shape index (κ2) is 7.20. The molecule has 3 rings (SSSR count). The molecule has 1 saturated heterocycles. The fourth-order valence-corrected chi connectivity index (χ4v) is 3.92. The lowest BCUT2D eigenvalue weighted by molar-refractivity contribution is -0.127. The Labute approximate surface area is 151 Å². The number of benzene rings is 1. The number of hydrogen-bond acceptors (Lipinski definition) is 5. The molecule has 5 nitrogen and oxygen atoms in total. The minimum Gasteiger partial charge on any atom is -0.325 e. The molecule has 1 aromatic heterocycles. The number of thiophene rings is 1. The van der Waals surface area contributed by atoms with Gasteiger partial charge in [-0.3, -0.25) is 19.3 Å². The van der Waals surface area contributed by atoms with E-state index >= 15 is 0 Å². The van der Waals surface area contributed by atoms with E-state index in [1.54, 1.807) is 6.08 Å². The molecule has 8 heteroatoms. The Hall–Kier alpha value is -2.45. The Kier molecular flexibility index (Phi) is 5.00. The summed E-state index contributed by atoms with van der Waals surface area (Å²) >= 11 is 2.29. The lowest BCUT2D eigenvalue weighted by Crippen LogP contribution is -2.36. The Balaban J connectivity index is 1.68. The smallest absolute Gasteiger partial charge is 0.294 e. The fourth-order valence-electron chi connectivity index (χ4n) is 2.17. The number of nitrogens with zero attached hydrogens (tertiary/aromatic N) is 1. The van der Waals surface area contributed by atoms with Gasteiger partial charge in [-0.1, -0.05) is 0 Å². The Morgan fingerprint density at radius 1 is 1.24 bits per heavy atom. The Morgan fingerprint density at radius 2 is 1.96 bits per heavy atom. The van der Waals surface area contributed by atoms with E-state index in [0.717, 1.165) is 27.1 Å². The second-order valence-electron chi connectivity index (χ2n) is 5.29. The van der Waals surface area contributed by atoms with Crippen molar-refractivity contribution >= 4 is 51.9 Å². The minimum atomic E-state index is -0.525. The molecule has 0 spiro atoms. The van der Waals surface area contributed by atoms with Gasteiger partial charge in [-0.05, 0) is 66.0 Å². The zero-order valence-electron chi connectivity index (χ0n) is 13.1. The summed E-state index contributed by atoms with van der Waals surface area (Å²) < 4.78 is 12.9. The first kappa shape index (κ1) is 17.4. The Bertz CT molecular complexity index is 874. The van der Waals surface area contributed by atoms with Crippen LogP contribution >= 0.6 is 23.1 Å². The van der Waals surface area contributed by atoms with E-state index in [-0.39, 0.29) is 6.54 Å². The van der Waals surface area contributed by atoms with Crippen molar-refractivity contribution in [1.82, 2.24) is 4.90 Å². The van der Waals surface area contributed by atoms with Crippen LogP contribution in [0.2, 0.25) is 0 Å². The first-order chi connectivity index (χ1) is 11.9. The van der Waals surface area contributed by atoms with Crippen LogP contribution in [-0.2, 0) is 9.59 Å². The number of imide groups is 1.